The molecular weight excluding hydrogens is 507 g/mol. The lowest BCUT2D eigenvalue weighted by atomic mass is 10.1. The zero-order valence-electron chi connectivity index (χ0n) is 17.7. The number of ether oxygens (including phenoxy) is 3. The summed E-state index contributed by atoms with van der Waals surface area (Å²) in [6, 6.07) is 16.7. The minimum atomic E-state index is -0.261. The first-order chi connectivity index (χ1) is 14.6. The predicted octanol–water partition coefficient (Wildman–Crippen LogP) is 0.720. The maximum atomic E-state index is 12.2. The van der Waals surface area contributed by atoms with Gasteiger partial charge in [-0.05, 0) is 47.5 Å². The molecule has 0 aliphatic carbocycles. The molecule has 0 unspecified atom stereocenters. The van der Waals surface area contributed by atoms with Crippen molar-refractivity contribution in [3.8, 4) is 17.2 Å². The molecule has 7 heteroatoms. The molecule has 1 amide bonds. The number of hydrogen-bond donors (Lipinski definition) is 1. The third-order valence-electron chi connectivity index (χ3n) is 4.39. The van der Waals surface area contributed by atoms with Crippen molar-refractivity contribution in [3.63, 3.8) is 0 Å². The van der Waals surface area contributed by atoms with Gasteiger partial charge in [-0.25, -0.2) is 4.57 Å². The second kappa shape index (κ2) is 11.9. The third kappa shape index (κ3) is 7.29. The van der Waals surface area contributed by atoms with Crippen LogP contribution in [0.4, 0.5) is 5.69 Å². The SMILES string of the molecule is COc1ccc(NC(=O)COc2ccc(/C=C/c3cc[n+](C)cc3)cc2OC)cc1.[I-]. The van der Waals surface area contributed by atoms with Crippen molar-refractivity contribution < 1.29 is 47.5 Å². The molecule has 3 aromatic rings. The number of hydrogen-bond acceptors (Lipinski definition) is 4. The highest BCUT2D eigenvalue weighted by molar-refractivity contribution is 5.92. The average Bonchev–Trinajstić information content (AvgIpc) is 2.78. The summed E-state index contributed by atoms with van der Waals surface area (Å²) in [5.74, 6) is 1.54. The summed E-state index contributed by atoms with van der Waals surface area (Å²) in [6.45, 7) is -0.126. The zero-order valence-corrected chi connectivity index (χ0v) is 19.8. The van der Waals surface area contributed by atoms with Gasteiger partial charge in [0, 0.05) is 17.8 Å². The average molecular weight is 532 g/mol. The molecule has 0 radical (unpaired) electrons. The Bertz CT molecular complexity index is 1020. The summed E-state index contributed by atoms with van der Waals surface area (Å²) in [5, 5.41) is 2.78. The van der Waals surface area contributed by atoms with Crippen molar-refractivity contribution in [3.05, 3.63) is 78.1 Å². The highest BCUT2D eigenvalue weighted by Crippen LogP contribution is 2.29. The monoisotopic (exact) mass is 532 g/mol. The van der Waals surface area contributed by atoms with Crippen molar-refractivity contribution in [2.24, 2.45) is 7.05 Å². The number of pyridine rings is 1. The first-order valence-corrected chi connectivity index (χ1v) is 9.45. The number of rotatable bonds is 8. The maximum Gasteiger partial charge on any atom is 0.262 e. The van der Waals surface area contributed by atoms with Crippen LogP contribution in [0.2, 0.25) is 0 Å². The number of aromatic nitrogens is 1. The normalized spacial score (nSPS) is 10.3. The van der Waals surface area contributed by atoms with Crippen LogP contribution in [0, 0.1) is 0 Å². The Balaban J connectivity index is 0.00000341. The second-order valence-electron chi connectivity index (χ2n) is 6.61. The maximum absolute atomic E-state index is 12.2. The van der Waals surface area contributed by atoms with Gasteiger partial charge in [0.25, 0.3) is 5.91 Å². The molecule has 0 fully saturated rings. The van der Waals surface area contributed by atoms with Gasteiger partial charge in [0.15, 0.2) is 30.5 Å². The summed E-state index contributed by atoms with van der Waals surface area (Å²) < 4.78 is 18.2. The van der Waals surface area contributed by atoms with E-state index in [1.165, 1.54) is 0 Å². The summed E-state index contributed by atoms with van der Waals surface area (Å²) >= 11 is 0. The van der Waals surface area contributed by atoms with Crippen LogP contribution in [-0.2, 0) is 11.8 Å². The minimum absolute atomic E-state index is 0. The summed E-state index contributed by atoms with van der Waals surface area (Å²) in [7, 11) is 5.15. The summed E-state index contributed by atoms with van der Waals surface area (Å²) in [5.41, 5.74) is 2.74. The van der Waals surface area contributed by atoms with Crippen molar-refractivity contribution in [2.45, 2.75) is 0 Å². The molecule has 0 saturated carbocycles. The summed E-state index contributed by atoms with van der Waals surface area (Å²) in [6.07, 6.45) is 8.01. The van der Waals surface area contributed by atoms with E-state index in [4.69, 9.17) is 14.2 Å². The lowest BCUT2D eigenvalue weighted by Gasteiger charge is -2.12. The van der Waals surface area contributed by atoms with E-state index >= 15 is 0 Å². The summed E-state index contributed by atoms with van der Waals surface area (Å²) in [4.78, 5) is 12.2. The Kier molecular flexibility index (Phi) is 9.33. The van der Waals surface area contributed by atoms with Crippen molar-refractivity contribution >= 4 is 23.7 Å². The molecule has 6 nitrogen and oxygen atoms in total. The number of anilines is 1. The second-order valence-corrected chi connectivity index (χ2v) is 6.61. The van der Waals surface area contributed by atoms with Crippen LogP contribution < -0.4 is 48.1 Å². The molecule has 0 atom stereocenters. The first kappa shape index (κ1) is 24.2. The van der Waals surface area contributed by atoms with Gasteiger partial charge in [-0.2, -0.15) is 0 Å². The first-order valence-electron chi connectivity index (χ1n) is 9.45. The standard InChI is InChI=1S/C24H24N2O4.HI/c1-26-14-12-18(13-15-26)4-5-19-6-11-22(23(16-19)29-3)30-17-24(27)25-20-7-9-21(28-2)10-8-20;/h4-16H,17H2,1-3H3;1H/b5-4+;. The van der Waals surface area contributed by atoms with Crippen LogP contribution in [0.3, 0.4) is 0 Å². The van der Waals surface area contributed by atoms with Crippen LogP contribution in [0.15, 0.2) is 67.0 Å². The van der Waals surface area contributed by atoms with Crippen LogP contribution in [0.1, 0.15) is 11.1 Å². The van der Waals surface area contributed by atoms with Crippen LogP contribution in [-0.4, -0.2) is 26.7 Å². The quantitative estimate of drug-likeness (QED) is 0.344. The molecule has 0 bridgehead atoms. The smallest absolute Gasteiger partial charge is 0.262 e. The minimum Gasteiger partial charge on any atom is -1.00 e. The number of carbonyl (C=O) groups is 1. The number of amides is 1. The Morgan fingerprint density at radius 1 is 0.903 bits per heavy atom. The third-order valence-corrected chi connectivity index (χ3v) is 4.39. The Morgan fingerprint density at radius 3 is 2.23 bits per heavy atom. The van der Waals surface area contributed by atoms with Crippen LogP contribution in [0.25, 0.3) is 12.2 Å². The van der Waals surface area contributed by atoms with Gasteiger partial charge in [-0.1, -0.05) is 18.2 Å². The topological polar surface area (TPSA) is 60.7 Å². The Labute approximate surface area is 199 Å². The number of methoxy groups -OCH3 is 2. The lowest BCUT2D eigenvalue weighted by Crippen LogP contribution is -3.00. The Hall–Kier alpha value is -3.07. The Morgan fingerprint density at radius 2 is 1.58 bits per heavy atom. The van der Waals surface area contributed by atoms with Gasteiger partial charge >= 0.3 is 0 Å². The van der Waals surface area contributed by atoms with E-state index in [-0.39, 0.29) is 36.5 Å². The van der Waals surface area contributed by atoms with E-state index in [1.807, 2.05) is 60.4 Å². The predicted molar refractivity (Wildman–Crippen MR) is 117 cm³/mol. The molecule has 1 aromatic heterocycles. The highest BCUT2D eigenvalue weighted by atomic mass is 127. The molecule has 1 N–H and O–H groups in total. The molecule has 0 saturated heterocycles. The molecule has 0 aliphatic rings. The van der Waals surface area contributed by atoms with Crippen LogP contribution >= 0.6 is 0 Å². The lowest BCUT2D eigenvalue weighted by molar-refractivity contribution is -0.671. The van der Waals surface area contributed by atoms with E-state index in [9.17, 15) is 4.79 Å². The molecule has 162 valence electrons. The number of nitrogens with zero attached hydrogens (tertiary/aromatic N) is 1. The molecule has 1 heterocycles. The number of halogens is 1. The number of carbonyl (C=O) groups excluding carboxylic acids is 1. The molecule has 31 heavy (non-hydrogen) atoms. The van der Waals surface area contributed by atoms with E-state index in [0.717, 1.165) is 16.9 Å². The number of aryl methyl sites for hydroxylation is 1. The number of nitrogens with one attached hydrogen (secondary N) is 1. The van der Waals surface area contributed by atoms with E-state index < -0.39 is 0 Å². The van der Waals surface area contributed by atoms with Gasteiger partial charge in [-0.3, -0.25) is 4.79 Å². The van der Waals surface area contributed by atoms with Gasteiger partial charge in [-0.15, -0.1) is 0 Å². The van der Waals surface area contributed by atoms with E-state index in [0.29, 0.717) is 17.2 Å². The van der Waals surface area contributed by atoms with Crippen molar-refractivity contribution in [1.82, 2.24) is 0 Å². The van der Waals surface area contributed by atoms with Gasteiger partial charge in [0.2, 0.25) is 0 Å². The molecule has 2 aromatic carbocycles. The number of benzene rings is 2. The fraction of sp³-hybridized carbons (Fsp3) is 0.167. The molecule has 0 aliphatic heterocycles. The van der Waals surface area contributed by atoms with Crippen molar-refractivity contribution in [1.29, 1.82) is 0 Å². The van der Waals surface area contributed by atoms with Gasteiger partial charge < -0.3 is 43.5 Å². The largest absolute Gasteiger partial charge is 1.00 e. The zero-order chi connectivity index (χ0) is 21.3. The van der Waals surface area contributed by atoms with Gasteiger partial charge in [0.05, 0.1) is 14.2 Å². The molecule has 0 spiro atoms. The van der Waals surface area contributed by atoms with Crippen LogP contribution in [0.5, 0.6) is 17.2 Å². The van der Waals surface area contributed by atoms with E-state index in [2.05, 4.69) is 5.32 Å². The molecule has 3 rings (SSSR count). The highest BCUT2D eigenvalue weighted by Gasteiger charge is 2.09. The molecular formula is C24H25IN2O4. The van der Waals surface area contributed by atoms with Gasteiger partial charge in [0.1, 0.15) is 12.8 Å². The van der Waals surface area contributed by atoms with E-state index in [1.54, 1.807) is 44.6 Å². The fourth-order valence-electron chi connectivity index (χ4n) is 2.74. The van der Waals surface area contributed by atoms with Crippen molar-refractivity contribution in [2.75, 3.05) is 26.1 Å². The fourth-order valence-corrected chi connectivity index (χ4v) is 2.74.